The number of hydrogen-bond acceptors (Lipinski definition) is 12. The Kier molecular flexibility index (Phi) is 10.7. The molecule has 58 heavy (non-hydrogen) atoms. The van der Waals surface area contributed by atoms with E-state index in [1.54, 1.807) is 69.6 Å². The van der Waals surface area contributed by atoms with Crippen LogP contribution in [0.4, 0.5) is 23.3 Å². The number of benzene rings is 2. The summed E-state index contributed by atoms with van der Waals surface area (Å²) in [6.45, 7) is 8.27. The lowest BCUT2D eigenvalue weighted by atomic mass is 10.2. The van der Waals surface area contributed by atoms with Gasteiger partial charge in [0.05, 0.1) is 48.4 Å². The molecule has 0 atom stereocenters. The number of hydrazine groups is 1. The van der Waals surface area contributed by atoms with Crippen molar-refractivity contribution < 1.29 is 9.47 Å². The molecule has 0 spiro atoms. The molecule has 8 aromatic rings. The lowest BCUT2D eigenvalue weighted by molar-refractivity contribution is 0.313. The van der Waals surface area contributed by atoms with Crippen molar-refractivity contribution in [2.45, 2.75) is 27.7 Å². The van der Waals surface area contributed by atoms with Gasteiger partial charge >= 0.3 is 0 Å². The fraction of sp³-hybridized carbons (Fsp3) is 0.143. The van der Waals surface area contributed by atoms with Crippen LogP contribution in [0.25, 0.3) is 34.2 Å². The van der Waals surface area contributed by atoms with Crippen molar-refractivity contribution in [3.63, 3.8) is 0 Å². The van der Waals surface area contributed by atoms with E-state index in [4.69, 9.17) is 57.7 Å². The highest BCUT2D eigenvalue weighted by Gasteiger charge is 2.28. The zero-order valence-corrected chi connectivity index (χ0v) is 33.6. The molecule has 0 saturated carbocycles. The average molecular weight is 812 g/mol. The summed E-state index contributed by atoms with van der Waals surface area (Å²) in [7, 11) is 1.60. The number of hydrogen-bond donors (Lipinski definition) is 0. The van der Waals surface area contributed by atoms with Gasteiger partial charge in [0.15, 0.2) is 11.6 Å². The number of aromatic nitrogens is 10. The normalized spacial score (nSPS) is 11.1. The van der Waals surface area contributed by atoms with Gasteiger partial charge in [0.2, 0.25) is 23.7 Å². The van der Waals surface area contributed by atoms with E-state index >= 15 is 0 Å². The molecular weight excluding hydrogens is 775 g/mol. The van der Waals surface area contributed by atoms with E-state index in [0.717, 1.165) is 27.9 Å². The molecule has 0 aliphatic carbocycles. The lowest BCUT2D eigenvalue weighted by Gasteiger charge is -2.35. The Morgan fingerprint density at radius 3 is 1.69 bits per heavy atom. The summed E-state index contributed by atoms with van der Waals surface area (Å²) in [5.74, 6) is 2.95. The van der Waals surface area contributed by atoms with Gasteiger partial charge in [-0.05, 0) is 100 Å². The van der Waals surface area contributed by atoms with Crippen LogP contribution in [0.5, 0.6) is 11.8 Å². The standard InChI is InChI=1S/C42H36Cl2N12O2/c1-6-58-40-27(3)28(4)52-54(40)38-22-30(14-18-46-38)36-16-20-48-42(51-36)56(34-12-8-10-32(44)24-34)55(33-11-7-9-31(43)23-33)41-47-19-15-35(50-41)29-13-17-45-37(21-29)53-39(57-5)26(2)25-49-53/h7-25H,6H2,1-5H3. The number of aryl methyl sites for hydroxylation is 2. The predicted molar refractivity (Wildman–Crippen MR) is 224 cm³/mol. The minimum Gasteiger partial charge on any atom is -0.481 e. The fourth-order valence-electron chi connectivity index (χ4n) is 6.34. The highest BCUT2D eigenvalue weighted by atomic mass is 35.5. The van der Waals surface area contributed by atoms with Crippen LogP contribution < -0.4 is 19.5 Å². The quantitative estimate of drug-likeness (QED) is 0.109. The van der Waals surface area contributed by atoms with E-state index in [0.29, 0.717) is 74.7 Å². The SMILES string of the molecule is CCOc1c(C)c(C)nn1-c1cc(-c2ccnc(N(c3cccc(Cl)c3)N(c3cccc(Cl)c3)c3nccc(-c4ccnc(-n5ncc(C)c5OC)c4)n3)n2)ccn1. The number of pyridine rings is 2. The second-order valence-electron chi connectivity index (χ2n) is 13.0. The molecule has 0 fully saturated rings. The second kappa shape index (κ2) is 16.3. The number of rotatable bonds is 12. The third kappa shape index (κ3) is 7.50. The first-order valence-electron chi connectivity index (χ1n) is 18.2. The van der Waals surface area contributed by atoms with Gasteiger partial charge in [-0.2, -0.15) is 19.6 Å². The molecule has 0 saturated heterocycles. The Hall–Kier alpha value is -6.90. The Labute approximate surface area is 344 Å². The molecule has 0 aliphatic heterocycles. The summed E-state index contributed by atoms with van der Waals surface area (Å²) >= 11 is 13.3. The summed E-state index contributed by atoms with van der Waals surface area (Å²) in [5.41, 5.74) is 6.71. The maximum absolute atomic E-state index is 6.66. The van der Waals surface area contributed by atoms with Crippen molar-refractivity contribution in [2.75, 3.05) is 23.7 Å². The molecule has 290 valence electrons. The largest absolute Gasteiger partial charge is 0.481 e. The molecule has 0 N–H and O–H groups in total. The first kappa shape index (κ1) is 38.0. The summed E-state index contributed by atoms with van der Waals surface area (Å²) in [6.07, 6.45) is 8.53. The van der Waals surface area contributed by atoms with Crippen molar-refractivity contribution in [3.8, 4) is 45.9 Å². The maximum atomic E-state index is 6.66. The van der Waals surface area contributed by atoms with Crippen LogP contribution >= 0.6 is 23.2 Å². The van der Waals surface area contributed by atoms with Crippen molar-refractivity contribution >= 4 is 46.5 Å². The molecule has 0 aliphatic rings. The number of methoxy groups -OCH3 is 1. The van der Waals surface area contributed by atoms with Gasteiger partial charge in [-0.15, -0.1) is 0 Å². The van der Waals surface area contributed by atoms with Gasteiger partial charge in [-0.3, -0.25) is 0 Å². The minimum absolute atomic E-state index is 0.290. The third-order valence-corrected chi connectivity index (χ3v) is 9.63. The zero-order valence-electron chi connectivity index (χ0n) is 32.1. The first-order valence-corrected chi connectivity index (χ1v) is 19.0. The van der Waals surface area contributed by atoms with E-state index in [1.165, 1.54) is 0 Å². The molecule has 8 rings (SSSR count). The van der Waals surface area contributed by atoms with Crippen LogP contribution in [0.2, 0.25) is 10.0 Å². The van der Waals surface area contributed by atoms with Crippen LogP contribution in [0.1, 0.15) is 23.7 Å². The van der Waals surface area contributed by atoms with Gasteiger partial charge < -0.3 is 9.47 Å². The molecule has 14 nitrogen and oxygen atoms in total. The zero-order chi connectivity index (χ0) is 40.3. The highest BCUT2D eigenvalue weighted by molar-refractivity contribution is 6.31. The number of nitrogens with zero attached hydrogens (tertiary/aromatic N) is 12. The summed E-state index contributed by atoms with van der Waals surface area (Å²) < 4.78 is 14.9. The van der Waals surface area contributed by atoms with E-state index < -0.39 is 0 Å². The van der Waals surface area contributed by atoms with Gasteiger partial charge in [-0.1, -0.05) is 35.3 Å². The Balaban J connectivity index is 1.27. The Morgan fingerprint density at radius 1 is 0.638 bits per heavy atom. The molecular formula is C42H36Cl2N12O2. The van der Waals surface area contributed by atoms with E-state index in [2.05, 4.69) is 15.1 Å². The molecule has 6 aromatic heterocycles. The number of halogens is 2. The van der Waals surface area contributed by atoms with Crippen molar-refractivity contribution in [2.24, 2.45) is 0 Å². The molecule has 0 bridgehead atoms. The number of anilines is 4. The average Bonchev–Trinajstić information content (AvgIpc) is 3.77. The van der Waals surface area contributed by atoms with Crippen LogP contribution in [0.3, 0.4) is 0 Å². The van der Waals surface area contributed by atoms with Crippen LogP contribution in [-0.4, -0.2) is 63.2 Å². The van der Waals surface area contributed by atoms with Gasteiger partial charge in [-0.25, -0.2) is 39.9 Å². The lowest BCUT2D eigenvalue weighted by Crippen LogP contribution is -2.38. The number of ether oxygens (including phenoxy) is 2. The molecule has 16 heteroatoms. The van der Waals surface area contributed by atoms with Crippen LogP contribution in [-0.2, 0) is 0 Å². The van der Waals surface area contributed by atoms with Crippen LogP contribution in [0, 0.1) is 20.8 Å². The van der Waals surface area contributed by atoms with Crippen molar-refractivity contribution in [3.05, 3.63) is 143 Å². The smallest absolute Gasteiger partial charge is 0.250 e. The van der Waals surface area contributed by atoms with Crippen LogP contribution in [0.15, 0.2) is 116 Å². The maximum Gasteiger partial charge on any atom is 0.250 e. The fourth-order valence-corrected chi connectivity index (χ4v) is 6.71. The summed E-state index contributed by atoms with van der Waals surface area (Å²) in [6, 6.07) is 25.9. The second-order valence-corrected chi connectivity index (χ2v) is 13.9. The van der Waals surface area contributed by atoms with Gasteiger partial charge in [0.1, 0.15) is 0 Å². The minimum atomic E-state index is 0.290. The molecule has 0 amide bonds. The first-order chi connectivity index (χ1) is 28.2. The molecule has 2 aromatic carbocycles. The highest BCUT2D eigenvalue weighted by Crippen LogP contribution is 2.37. The topological polar surface area (TPSA) is 138 Å². The molecule has 0 radical (unpaired) electrons. The van der Waals surface area contributed by atoms with E-state index in [-0.39, 0.29) is 0 Å². The summed E-state index contributed by atoms with van der Waals surface area (Å²) in [4.78, 5) is 29.0. The predicted octanol–water partition coefficient (Wildman–Crippen LogP) is 9.29. The Bertz CT molecular complexity index is 2750. The molecule has 0 unspecified atom stereocenters. The molecule has 6 heterocycles. The summed E-state index contributed by atoms with van der Waals surface area (Å²) in [5, 5.41) is 13.8. The van der Waals surface area contributed by atoms with E-state index in [9.17, 15) is 0 Å². The van der Waals surface area contributed by atoms with Crippen molar-refractivity contribution in [1.29, 1.82) is 0 Å². The Morgan fingerprint density at radius 2 is 1.17 bits per heavy atom. The van der Waals surface area contributed by atoms with Crippen molar-refractivity contribution in [1.82, 2.24) is 49.5 Å². The third-order valence-electron chi connectivity index (χ3n) is 9.16. The van der Waals surface area contributed by atoms with E-state index in [1.807, 2.05) is 100 Å². The van der Waals surface area contributed by atoms with Gasteiger partial charge in [0, 0.05) is 57.1 Å². The van der Waals surface area contributed by atoms with Gasteiger partial charge in [0.25, 0.3) is 0 Å². The monoisotopic (exact) mass is 810 g/mol.